The minimum atomic E-state index is -0.850. The Morgan fingerprint density at radius 2 is 2.46 bits per heavy atom. The maximum atomic E-state index is 10.7. The zero-order chi connectivity index (χ0) is 9.68. The van der Waals surface area contributed by atoms with Gasteiger partial charge >= 0.3 is 5.97 Å². The van der Waals surface area contributed by atoms with Gasteiger partial charge in [-0.05, 0) is 31.6 Å². The number of methoxy groups -OCH3 is 1. The van der Waals surface area contributed by atoms with Crippen LogP contribution in [0.2, 0.25) is 0 Å². The SMILES string of the molecule is COC(CC1CC=CCC1)C(=O)O. The molecular weight excluding hydrogens is 168 g/mol. The maximum absolute atomic E-state index is 10.7. The number of hydrogen-bond acceptors (Lipinski definition) is 2. The molecule has 2 unspecified atom stereocenters. The van der Waals surface area contributed by atoms with Crippen LogP contribution in [0.1, 0.15) is 25.7 Å². The summed E-state index contributed by atoms with van der Waals surface area (Å²) in [6.45, 7) is 0. The normalized spacial score (nSPS) is 24.2. The van der Waals surface area contributed by atoms with E-state index in [1.165, 1.54) is 7.11 Å². The lowest BCUT2D eigenvalue weighted by atomic mass is 9.89. The molecule has 13 heavy (non-hydrogen) atoms. The standard InChI is InChI=1S/C10H16O3/c1-13-9(10(11)12)7-8-5-3-2-4-6-8/h2-3,8-9H,4-7H2,1H3,(H,11,12). The summed E-state index contributed by atoms with van der Waals surface area (Å²) >= 11 is 0. The molecule has 0 amide bonds. The number of carboxylic acids is 1. The molecule has 0 saturated carbocycles. The number of carbonyl (C=O) groups is 1. The Kier molecular flexibility index (Phi) is 3.96. The van der Waals surface area contributed by atoms with Gasteiger partial charge in [0.15, 0.2) is 6.10 Å². The van der Waals surface area contributed by atoms with Crippen LogP contribution in [0.15, 0.2) is 12.2 Å². The first-order valence-electron chi connectivity index (χ1n) is 4.64. The highest BCUT2D eigenvalue weighted by molar-refractivity contribution is 5.72. The lowest BCUT2D eigenvalue weighted by Crippen LogP contribution is -2.25. The molecule has 1 N–H and O–H groups in total. The van der Waals surface area contributed by atoms with E-state index in [4.69, 9.17) is 9.84 Å². The molecule has 0 radical (unpaired) electrons. The van der Waals surface area contributed by atoms with E-state index in [-0.39, 0.29) is 0 Å². The van der Waals surface area contributed by atoms with E-state index in [0.717, 1.165) is 19.3 Å². The summed E-state index contributed by atoms with van der Waals surface area (Å²) in [7, 11) is 1.46. The van der Waals surface area contributed by atoms with Crippen molar-refractivity contribution in [2.45, 2.75) is 31.8 Å². The lowest BCUT2D eigenvalue weighted by Gasteiger charge is -2.20. The van der Waals surface area contributed by atoms with E-state index in [9.17, 15) is 4.79 Å². The minimum absolute atomic E-state index is 0.478. The summed E-state index contributed by atoms with van der Waals surface area (Å²) in [5.41, 5.74) is 0. The second kappa shape index (κ2) is 5.02. The number of aliphatic carboxylic acids is 1. The summed E-state index contributed by atoms with van der Waals surface area (Å²) in [6.07, 6.45) is 7.44. The largest absolute Gasteiger partial charge is 0.479 e. The number of rotatable bonds is 4. The third kappa shape index (κ3) is 3.19. The van der Waals surface area contributed by atoms with E-state index in [0.29, 0.717) is 12.3 Å². The summed E-state index contributed by atoms with van der Waals surface area (Å²) in [4.78, 5) is 10.7. The molecule has 0 aromatic heterocycles. The van der Waals surface area contributed by atoms with Crippen molar-refractivity contribution in [2.75, 3.05) is 7.11 Å². The molecule has 74 valence electrons. The number of ether oxygens (including phenoxy) is 1. The van der Waals surface area contributed by atoms with Crippen LogP contribution in [0.25, 0.3) is 0 Å². The molecular formula is C10H16O3. The van der Waals surface area contributed by atoms with Crippen molar-refractivity contribution in [2.24, 2.45) is 5.92 Å². The van der Waals surface area contributed by atoms with Gasteiger partial charge in [0, 0.05) is 7.11 Å². The summed E-state index contributed by atoms with van der Waals surface area (Å²) in [5.74, 6) is -0.372. The molecule has 0 bridgehead atoms. The Balaban J connectivity index is 2.36. The van der Waals surface area contributed by atoms with Crippen molar-refractivity contribution >= 4 is 5.97 Å². The average molecular weight is 184 g/mol. The molecule has 2 atom stereocenters. The van der Waals surface area contributed by atoms with Crippen molar-refractivity contribution in [1.29, 1.82) is 0 Å². The van der Waals surface area contributed by atoms with E-state index in [1.54, 1.807) is 0 Å². The Morgan fingerprint density at radius 1 is 1.69 bits per heavy atom. The first-order chi connectivity index (χ1) is 6.24. The Hall–Kier alpha value is -0.830. The molecule has 0 fully saturated rings. The Labute approximate surface area is 78.4 Å². The van der Waals surface area contributed by atoms with Crippen LogP contribution >= 0.6 is 0 Å². The van der Waals surface area contributed by atoms with Crippen LogP contribution in [0, 0.1) is 5.92 Å². The maximum Gasteiger partial charge on any atom is 0.332 e. The zero-order valence-electron chi connectivity index (χ0n) is 7.90. The van der Waals surface area contributed by atoms with Crippen molar-refractivity contribution in [3.8, 4) is 0 Å². The molecule has 0 saturated heterocycles. The highest BCUT2D eigenvalue weighted by Gasteiger charge is 2.21. The van der Waals surface area contributed by atoms with Gasteiger partial charge in [-0.3, -0.25) is 0 Å². The first-order valence-corrected chi connectivity index (χ1v) is 4.64. The van der Waals surface area contributed by atoms with Crippen molar-refractivity contribution in [3.05, 3.63) is 12.2 Å². The molecule has 3 nitrogen and oxygen atoms in total. The van der Waals surface area contributed by atoms with Gasteiger partial charge in [-0.25, -0.2) is 4.79 Å². The molecule has 0 aromatic rings. The van der Waals surface area contributed by atoms with Gasteiger partial charge in [0.25, 0.3) is 0 Å². The fraction of sp³-hybridized carbons (Fsp3) is 0.700. The highest BCUT2D eigenvalue weighted by Crippen LogP contribution is 2.23. The molecule has 0 aliphatic heterocycles. The van der Waals surface area contributed by atoms with Crippen LogP contribution in [0.5, 0.6) is 0 Å². The highest BCUT2D eigenvalue weighted by atomic mass is 16.5. The molecule has 0 aromatic carbocycles. The molecule has 0 heterocycles. The topological polar surface area (TPSA) is 46.5 Å². The molecule has 1 rings (SSSR count). The van der Waals surface area contributed by atoms with Gasteiger partial charge in [-0.2, -0.15) is 0 Å². The van der Waals surface area contributed by atoms with Gasteiger partial charge in [-0.1, -0.05) is 12.2 Å². The molecule has 1 aliphatic rings. The summed E-state index contributed by atoms with van der Waals surface area (Å²) in [6, 6.07) is 0. The van der Waals surface area contributed by atoms with E-state index >= 15 is 0 Å². The number of carboxylic acid groups (broad SMARTS) is 1. The fourth-order valence-electron chi connectivity index (χ4n) is 1.67. The molecule has 0 spiro atoms. The second-order valence-electron chi connectivity index (χ2n) is 3.45. The quantitative estimate of drug-likeness (QED) is 0.678. The van der Waals surface area contributed by atoms with Crippen LogP contribution in [0.3, 0.4) is 0 Å². The van der Waals surface area contributed by atoms with Gasteiger partial charge in [-0.15, -0.1) is 0 Å². The Bertz CT molecular complexity index is 198. The zero-order valence-corrected chi connectivity index (χ0v) is 7.90. The average Bonchev–Trinajstić information content (AvgIpc) is 2.15. The van der Waals surface area contributed by atoms with Crippen LogP contribution < -0.4 is 0 Å². The minimum Gasteiger partial charge on any atom is -0.479 e. The van der Waals surface area contributed by atoms with E-state index in [2.05, 4.69) is 12.2 Å². The van der Waals surface area contributed by atoms with Crippen LogP contribution in [-0.2, 0) is 9.53 Å². The monoisotopic (exact) mass is 184 g/mol. The van der Waals surface area contributed by atoms with Gasteiger partial charge in [0.2, 0.25) is 0 Å². The summed E-state index contributed by atoms with van der Waals surface area (Å²) in [5, 5.41) is 8.76. The fourth-order valence-corrected chi connectivity index (χ4v) is 1.67. The summed E-state index contributed by atoms with van der Waals surface area (Å²) < 4.78 is 4.89. The van der Waals surface area contributed by atoms with Gasteiger partial charge in [0.1, 0.15) is 0 Å². The third-order valence-electron chi connectivity index (χ3n) is 2.49. The third-order valence-corrected chi connectivity index (χ3v) is 2.49. The lowest BCUT2D eigenvalue weighted by molar-refractivity contribution is -0.149. The Morgan fingerprint density at radius 3 is 2.92 bits per heavy atom. The number of hydrogen-bond donors (Lipinski definition) is 1. The predicted molar refractivity (Wildman–Crippen MR) is 49.5 cm³/mol. The van der Waals surface area contributed by atoms with Crippen molar-refractivity contribution in [3.63, 3.8) is 0 Å². The van der Waals surface area contributed by atoms with Gasteiger partial charge in [0.05, 0.1) is 0 Å². The molecule has 1 aliphatic carbocycles. The predicted octanol–water partition coefficient (Wildman–Crippen LogP) is 1.83. The van der Waals surface area contributed by atoms with E-state index in [1.807, 2.05) is 0 Å². The van der Waals surface area contributed by atoms with E-state index < -0.39 is 12.1 Å². The first kappa shape index (κ1) is 10.3. The van der Waals surface area contributed by atoms with Crippen LogP contribution in [0.4, 0.5) is 0 Å². The smallest absolute Gasteiger partial charge is 0.332 e. The van der Waals surface area contributed by atoms with Crippen molar-refractivity contribution < 1.29 is 14.6 Å². The number of allylic oxidation sites excluding steroid dienone is 2. The van der Waals surface area contributed by atoms with Gasteiger partial charge < -0.3 is 9.84 Å². The van der Waals surface area contributed by atoms with Crippen LogP contribution in [-0.4, -0.2) is 24.3 Å². The second-order valence-corrected chi connectivity index (χ2v) is 3.45. The van der Waals surface area contributed by atoms with Crippen molar-refractivity contribution in [1.82, 2.24) is 0 Å². The molecule has 3 heteroatoms.